The Hall–Kier alpha value is -3.07. The molecule has 0 fully saturated rings. The van der Waals surface area contributed by atoms with E-state index in [-0.39, 0.29) is 25.5 Å². The van der Waals surface area contributed by atoms with Gasteiger partial charge in [0.05, 0.1) is 6.26 Å². The third-order valence-electron chi connectivity index (χ3n) is 4.96. The Labute approximate surface area is 202 Å². The topological polar surface area (TPSA) is 38.9 Å². The minimum absolute atomic E-state index is 0. The molecule has 0 saturated heterocycles. The molecule has 32 heavy (non-hydrogen) atoms. The van der Waals surface area contributed by atoms with Crippen molar-refractivity contribution in [1.82, 2.24) is 9.97 Å². The Kier molecular flexibility index (Phi) is 7.74. The Morgan fingerprint density at radius 1 is 0.781 bits per heavy atom. The molecule has 4 heteroatoms. The van der Waals surface area contributed by atoms with E-state index in [9.17, 15) is 0 Å². The maximum Gasteiger partial charge on any atom is 0.128 e. The first-order valence-corrected chi connectivity index (χ1v) is 10.3. The standard InChI is InChI=1S/C17H16NO.C11H8N.Ir/c1-17(2,3)13-6-4-12(5-7-13)16-14-9-11-19-15(14)8-10-18-16;1-2-6-10(7-3-1)11-8-4-5-9-12-11;/h4,6-11H,1-3H3;1-6,8-9H;/q2*-1;. The first-order valence-electron chi connectivity index (χ1n) is 10.3. The van der Waals surface area contributed by atoms with Crippen molar-refractivity contribution in [3.05, 3.63) is 109 Å². The third kappa shape index (κ3) is 5.59. The monoisotopic (exact) mass is 597 g/mol. The zero-order chi connectivity index (χ0) is 21.7. The van der Waals surface area contributed by atoms with Gasteiger partial charge in [-0.15, -0.1) is 71.3 Å². The number of pyridine rings is 2. The van der Waals surface area contributed by atoms with Gasteiger partial charge in [0.15, 0.2) is 0 Å². The maximum absolute atomic E-state index is 5.40. The molecule has 0 aliphatic heterocycles. The van der Waals surface area contributed by atoms with E-state index < -0.39 is 0 Å². The van der Waals surface area contributed by atoms with E-state index in [2.05, 4.69) is 61.1 Å². The molecule has 0 aliphatic rings. The molecule has 0 unspecified atom stereocenters. The van der Waals surface area contributed by atoms with E-state index in [0.29, 0.717) is 0 Å². The average Bonchev–Trinajstić information content (AvgIpc) is 3.29. The van der Waals surface area contributed by atoms with Crippen LogP contribution in [-0.2, 0) is 25.5 Å². The normalized spacial score (nSPS) is 10.7. The molecule has 3 nitrogen and oxygen atoms in total. The van der Waals surface area contributed by atoms with Gasteiger partial charge >= 0.3 is 0 Å². The van der Waals surface area contributed by atoms with Crippen LogP contribution in [0, 0.1) is 12.1 Å². The van der Waals surface area contributed by atoms with Crippen LogP contribution in [0.15, 0.2) is 95.9 Å². The van der Waals surface area contributed by atoms with E-state index >= 15 is 0 Å². The number of aromatic nitrogens is 2. The third-order valence-corrected chi connectivity index (χ3v) is 4.96. The summed E-state index contributed by atoms with van der Waals surface area (Å²) in [4.78, 5) is 8.67. The van der Waals surface area contributed by atoms with Gasteiger partial charge in [0.1, 0.15) is 5.58 Å². The summed E-state index contributed by atoms with van der Waals surface area (Å²) in [6, 6.07) is 30.3. The Morgan fingerprint density at radius 2 is 1.62 bits per heavy atom. The smallest absolute Gasteiger partial charge is 0.128 e. The molecule has 0 spiro atoms. The van der Waals surface area contributed by atoms with E-state index in [0.717, 1.165) is 33.5 Å². The second-order valence-electron chi connectivity index (χ2n) is 8.22. The van der Waals surface area contributed by atoms with Gasteiger partial charge in [0, 0.05) is 37.9 Å². The molecule has 0 atom stereocenters. The van der Waals surface area contributed by atoms with Gasteiger partial charge in [-0.05, 0) is 35.0 Å². The van der Waals surface area contributed by atoms with Crippen molar-refractivity contribution in [2.45, 2.75) is 26.2 Å². The second-order valence-corrected chi connectivity index (χ2v) is 8.22. The van der Waals surface area contributed by atoms with Crippen molar-refractivity contribution >= 4 is 11.0 Å². The van der Waals surface area contributed by atoms with Crippen molar-refractivity contribution < 1.29 is 24.5 Å². The number of benzene rings is 2. The number of hydrogen-bond donors (Lipinski definition) is 0. The van der Waals surface area contributed by atoms with Crippen LogP contribution in [0.1, 0.15) is 26.3 Å². The van der Waals surface area contributed by atoms with Gasteiger partial charge in [-0.3, -0.25) is 0 Å². The molecule has 3 aromatic heterocycles. The van der Waals surface area contributed by atoms with E-state index in [4.69, 9.17) is 4.42 Å². The Bertz CT molecular complexity index is 1200. The van der Waals surface area contributed by atoms with Crippen LogP contribution in [0.25, 0.3) is 33.5 Å². The Balaban J connectivity index is 0.000000193. The molecular weight excluding hydrogens is 573 g/mol. The fourth-order valence-corrected chi connectivity index (χ4v) is 3.22. The van der Waals surface area contributed by atoms with Crippen LogP contribution in [-0.4, -0.2) is 9.97 Å². The van der Waals surface area contributed by atoms with Gasteiger partial charge < -0.3 is 14.4 Å². The number of fused-ring (bicyclic) bond motifs is 1. The summed E-state index contributed by atoms with van der Waals surface area (Å²) < 4.78 is 5.40. The van der Waals surface area contributed by atoms with Crippen molar-refractivity contribution in [2.24, 2.45) is 0 Å². The van der Waals surface area contributed by atoms with Crippen LogP contribution in [0.3, 0.4) is 0 Å². The van der Waals surface area contributed by atoms with Crippen LogP contribution < -0.4 is 0 Å². The summed E-state index contributed by atoms with van der Waals surface area (Å²) in [6.07, 6.45) is 5.25. The summed E-state index contributed by atoms with van der Waals surface area (Å²) in [5.74, 6) is 0. The van der Waals surface area contributed by atoms with Crippen molar-refractivity contribution in [3.63, 3.8) is 0 Å². The van der Waals surface area contributed by atoms with Crippen LogP contribution in [0.4, 0.5) is 0 Å². The fourth-order valence-electron chi connectivity index (χ4n) is 3.22. The van der Waals surface area contributed by atoms with Gasteiger partial charge in [-0.2, -0.15) is 0 Å². The molecule has 0 bridgehead atoms. The summed E-state index contributed by atoms with van der Waals surface area (Å²) in [5.41, 5.74) is 6.21. The quantitative estimate of drug-likeness (QED) is 0.204. The molecule has 5 rings (SSSR count). The van der Waals surface area contributed by atoms with Crippen molar-refractivity contribution in [1.29, 1.82) is 0 Å². The van der Waals surface area contributed by atoms with Crippen LogP contribution >= 0.6 is 0 Å². The van der Waals surface area contributed by atoms with E-state index in [1.165, 1.54) is 5.56 Å². The summed E-state index contributed by atoms with van der Waals surface area (Å²) in [7, 11) is 0. The SMILES string of the molecule is CC(C)(C)c1c[c-]c(-c2nccc3occc23)cc1.[Ir].[c-]1ccccc1-c1ccccn1. The summed E-state index contributed by atoms with van der Waals surface area (Å²) in [5, 5.41) is 1.03. The Morgan fingerprint density at radius 3 is 2.28 bits per heavy atom. The van der Waals surface area contributed by atoms with Crippen molar-refractivity contribution in [3.8, 4) is 22.5 Å². The molecule has 2 aromatic carbocycles. The molecule has 1 radical (unpaired) electrons. The molecule has 5 aromatic rings. The first kappa shape index (κ1) is 23.6. The van der Waals surface area contributed by atoms with Gasteiger partial charge in [-0.1, -0.05) is 32.9 Å². The zero-order valence-corrected chi connectivity index (χ0v) is 20.7. The van der Waals surface area contributed by atoms with Gasteiger partial charge in [-0.25, -0.2) is 0 Å². The summed E-state index contributed by atoms with van der Waals surface area (Å²) >= 11 is 0. The number of nitrogens with zero attached hydrogens (tertiary/aromatic N) is 2. The number of furan rings is 1. The molecule has 0 saturated carbocycles. The molecule has 0 amide bonds. The predicted octanol–water partition coefficient (Wildman–Crippen LogP) is 7.14. The zero-order valence-electron chi connectivity index (χ0n) is 18.3. The van der Waals surface area contributed by atoms with Crippen LogP contribution in [0.2, 0.25) is 0 Å². The van der Waals surface area contributed by atoms with E-state index in [1.54, 1.807) is 18.7 Å². The van der Waals surface area contributed by atoms with E-state index in [1.807, 2.05) is 54.6 Å². The molecule has 0 aliphatic carbocycles. The largest absolute Gasteiger partial charge is 0.465 e. The molecule has 3 heterocycles. The second kappa shape index (κ2) is 10.5. The number of rotatable bonds is 2. The first-order chi connectivity index (χ1) is 15.0. The minimum Gasteiger partial charge on any atom is -0.465 e. The van der Waals surface area contributed by atoms with Gasteiger partial charge in [0.25, 0.3) is 0 Å². The predicted molar refractivity (Wildman–Crippen MR) is 125 cm³/mol. The summed E-state index contributed by atoms with van der Waals surface area (Å²) in [6.45, 7) is 6.60. The maximum atomic E-state index is 5.40. The fraction of sp³-hybridized carbons (Fsp3) is 0.143. The molecule has 0 N–H and O–H groups in total. The molecule has 163 valence electrons. The average molecular weight is 597 g/mol. The van der Waals surface area contributed by atoms with Crippen LogP contribution in [0.5, 0.6) is 0 Å². The molecular formula is C28H24IrN2O-2. The number of hydrogen-bond acceptors (Lipinski definition) is 3. The van der Waals surface area contributed by atoms with Crippen molar-refractivity contribution in [2.75, 3.05) is 0 Å². The van der Waals surface area contributed by atoms with Gasteiger partial charge in [0.2, 0.25) is 0 Å². The minimum atomic E-state index is 0.